The van der Waals surface area contributed by atoms with Gasteiger partial charge in [-0.3, -0.25) is 0 Å². The van der Waals surface area contributed by atoms with E-state index in [1.807, 2.05) is 59.2 Å². The van der Waals surface area contributed by atoms with E-state index in [1.165, 1.54) is 6.07 Å². The van der Waals surface area contributed by atoms with Crippen LogP contribution >= 0.6 is 11.6 Å². The van der Waals surface area contributed by atoms with Crippen molar-refractivity contribution >= 4 is 21.6 Å². The maximum absolute atomic E-state index is 11.9. The molecule has 146 valence electrons. The molecule has 5 nitrogen and oxygen atoms in total. The molecule has 0 aliphatic rings. The molecule has 2 N–H and O–H groups in total. The van der Waals surface area contributed by atoms with Gasteiger partial charge in [0.15, 0.2) is 0 Å². The van der Waals surface area contributed by atoms with Crippen molar-refractivity contribution in [3.63, 3.8) is 0 Å². The van der Waals surface area contributed by atoms with Crippen molar-refractivity contribution in [1.82, 2.24) is 9.55 Å². The molecule has 1 heterocycles. The molecule has 3 aromatic carbocycles. The van der Waals surface area contributed by atoms with Crippen LogP contribution in [0.4, 0.5) is 0 Å². The minimum absolute atomic E-state index is 0.112. The number of benzene rings is 3. The summed E-state index contributed by atoms with van der Waals surface area (Å²) >= 11 is 6.15. The number of hydrogen-bond acceptors (Lipinski definition) is 3. The first-order chi connectivity index (χ1) is 13.9. The summed E-state index contributed by atoms with van der Waals surface area (Å²) in [4.78, 5) is 4.54. The van der Waals surface area contributed by atoms with Crippen molar-refractivity contribution in [2.24, 2.45) is 5.14 Å². The number of aromatic nitrogens is 2. The summed E-state index contributed by atoms with van der Waals surface area (Å²) in [5, 5.41) is 5.78. The van der Waals surface area contributed by atoms with Gasteiger partial charge in [-0.25, -0.2) is 18.5 Å². The topological polar surface area (TPSA) is 78.0 Å². The fourth-order valence-corrected chi connectivity index (χ4v) is 4.22. The first-order valence-electron chi connectivity index (χ1n) is 8.91. The van der Waals surface area contributed by atoms with Crippen molar-refractivity contribution in [2.45, 2.75) is 11.4 Å². The molecule has 0 saturated carbocycles. The van der Waals surface area contributed by atoms with Gasteiger partial charge in [-0.2, -0.15) is 0 Å². The van der Waals surface area contributed by atoms with Crippen LogP contribution in [0.5, 0.6) is 0 Å². The van der Waals surface area contributed by atoms with Crippen LogP contribution in [0.1, 0.15) is 5.56 Å². The van der Waals surface area contributed by atoms with Crippen LogP contribution in [-0.4, -0.2) is 18.0 Å². The molecule has 0 aliphatic carbocycles. The van der Waals surface area contributed by atoms with Gasteiger partial charge in [0.1, 0.15) is 11.0 Å². The van der Waals surface area contributed by atoms with Crippen molar-refractivity contribution in [3.05, 3.63) is 95.8 Å². The van der Waals surface area contributed by atoms with Gasteiger partial charge in [0.2, 0.25) is 10.0 Å². The van der Waals surface area contributed by atoms with E-state index in [4.69, 9.17) is 16.7 Å². The molecular formula is C22H18ClN3O2S. The molecule has 0 saturated heterocycles. The molecule has 0 spiro atoms. The number of imidazole rings is 1. The summed E-state index contributed by atoms with van der Waals surface area (Å²) in [6, 6.07) is 24.2. The Kier molecular flexibility index (Phi) is 5.24. The standard InChI is InChI=1S/C22H18ClN3O2S/c23-21-15-26(22(25-21)18-6-2-1-3-7-18)14-16-10-12-17(13-11-16)19-8-4-5-9-20(19)29(24,27)28/h1-13,15H,14H2,(H2,24,27,28). The van der Waals surface area contributed by atoms with Crippen molar-refractivity contribution in [1.29, 1.82) is 0 Å². The highest BCUT2D eigenvalue weighted by Crippen LogP contribution is 2.27. The first-order valence-corrected chi connectivity index (χ1v) is 10.8. The van der Waals surface area contributed by atoms with Gasteiger partial charge in [0.25, 0.3) is 0 Å². The Hall–Kier alpha value is -2.93. The van der Waals surface area contributed by atoms with Gasteiger partial charge in [-0.1, -0.05) is 84.4 Å². The molecule has 0 aliphatic heterocycles. The van der Waals surface area contributed by atoms with Gasteiger partial charge in [0.05, 0.1) is 4.90 Å². The van der Waals surface area contributed by atoms with Crippen LogP contribution < -0.4 is 5.14 Å². The number of sulfonamides is 1. The molecule has 7 heteroatoms. The van der Waals surface area contributed by atoms with Crippen LogP contribution in [0.15, 0.2) is 90.0 Å². The second kappa shape index (κ2) is 7.83. The molecule has 29 heavy (non-hydrogen) atoms. The van der Waals surface area contributed by atoms with Crippen LogP contribution in [0.25, 0.3) is 22.5 Å². The molecule has 0 atom stereocenters. The average molecular weight is 424 g/mol. The maximum Gasteiger partial charge on any atom is 0.238 e. The number of halogens is 1. The van der Waals surface area contributed by atoms with E-state index in [2.05, 4.69) is 4.98 Å². The van der Waals surface area contributed by atoms with Gasteiger partial charge in [0, 0.05) is 23.9 Å². The molecule has 1 aromatic heterocycles. The summed E-state index contributed by atoms with van der Waals surface area (Å²) in [5.74, 6) is 0.791. The Balaban J connectivity index is 1.65. The van der Waals surface area contributed by atoms with E-state index in [0.717, 1.165) is 22.5 Å². The number of hydrogen-bond donors (Lipinski definition) is 1. The zero-order chi connectivity index (χ0) is 20.4. The quantitative estimate of drug-likeness (QED) is 0.510. The number of rotatable bonds is 5. The van der Waals surface area contributed by atoms with Gasteiger partial charge in [-0.15, -0.1) is 0 Å². The fourth-order valence-electron chi connectivity index (χ4n) is 3.26. The Morgan fingerprint density at radius 2 is 1.52 bits per heavy atom. The maximum atomic E-state index is 11.9. The summed E-state index contributed by atoms with van der Waals surface area (Å²) in [6.45, 7) is 0.584. The van der Waals surface area contributed by atoms with E-state index in [9.17, 15) is 8.42 Å². The van der Waals surface area contributed by atoms with Gasteiger partial charge in [-0.05, 0) is 17.2 Å². The number of nitrogens with zero attached hydrogens (tertiary/aromatic N) is 2. The van der Waals surface area contributed by atoms with Crippen molar-refractivity contribution in [2.75, 3.05) is 0 Å². The predicted molar refractivity (Wildman–Crippen MR) is 115 cm³/mol. The molecule has 4 rings (SSSR count). The molecule has 0 bridgehead atoms. The SMILES string of the molecule is NS(=O)(=O)c1ccccc1-c1ccc(Cn2cc(Cl)nc2-c2ccccc2)cc1. The lowest BCUT2D eigenvalue weighted by Crippen LogP contribution is -2.13. The zero-order valence-corrected chi connectivity index (χ0v) is 16.9. The highest BCUT2D eigenvalue weighted by atomic mass is 35.5. The largest absolute Gasteiger partial charge is 0.325 e. The third kappa shape index (κ3) is 4.24. The van der Waals surface area contributed by atoms with E-state index in [-0.39, 0.29) is 4.90 Å². The minimum Gasteiger partial charge on any atom is -0.325 e. The van der Waals surface area contributed by atoms with Crippen LogP contribution in [0.2, 0.25) is 5.15 Å². The Morgan fingerprint density at radius 1 is 0.862 bits per heavy atom. The van der Waals surface area contributed by atoms with Crippen molar-refractivity contribution in [3.8, 4) is 22.5 Å². The molecule has 0 amide bonds. The van der Waals surface area contributed by atoms with Crippen LogP contribution in [0, 0.1) is 0 Å². The van der Waals surface area contributed by atoms with Gasteiger partial charge >= 0.3 is 0 Å². The van der Waals surface area contributed by atoms with E-state index in [0.29, 0.717) is 17.3 Å². The predicted octanol–water partition coefficient (Wildman–Crippen LogP) is 4.57. The molecule has 4 aromatic rings. The average Bonchev–Trinajstić information content (AvgIpc) is 3.09. The third-order valence-corrected chi connectivity index (χ3v) is 5.74. The van der Waals surface area contributed by atoms with Crippen molar-refractivity contribution < 1.29 is 8.42 Å². The molecule has 0 unspecified atom stereocenters. The lowest BCUT2D eigenvalue weighted by Gasteiger charge is -2.10. The molecule has 0 fully saturated rings. The highest BCUT2D eigenvalue weighted by molar-refractivity contribution is 7.89. The number of nitrogens with two attached hydrogens (primary N) is 1. The fraction of sp³-hybridized carbons (Fsp3) is 0.0455. The second-order valence-electron chi connectivity index (χ2n) is 6.62. The second-order valence-corrected chi connectivity index (χ2v) is 8.54. The summed E-state index contributed by atoms with van der Waals surface area (Å²) in [7, 11) is -3.80. The highest BCUT2D eigenvalue weighted by Gasteiger charge is 2.15. The lowest BCUT2D eigenvalue weighted by atomic mass is 10.0. The van der Waals surface area contributed by atoms with Crippen LogP contribution in [-0.2, 0) is 16.6 Å². The summed E-state index contributed by atoms with van der Waals surface area (Å²) in [6.07, 6.45) is 1.80. The molecule has 0 radical (unpaired) electrons. The monoisotopic (exact) mass is 423 g/mol. The third-order valence-electron chi connectivity index (χ3n) is 4.59. The Labute approximate surface area is 174 Å². The van der Waals surface area contributed by atoms with E-state index < -0.39 is 10.0 Å². The first kappa shape index (κ1) is 19.4. The van der Waals surface area contributed by atoms with E-state index >= 15 is 0 Å². The zero-order valence-electron chi connectivity index (χ0n) is 15.4. The normalized spacial score (nSPS) is 11.5. The Morgan fingerprint density at radius 3 is 2.21 bits per heavy atom. The summed E-state index contributed by atoms with van der Waals surface area (Å²) in [5.41, 5.74) is 3.38. The Bertz CT molecular complexity index is 1250. The summed E-state index contributed by atoms with van der Waals surface area (Å²) < 4.78 is 25.7. The van der Waals surface area contributed by atoms with E-state index in [1.54, 1.807) is 24.4 Å². The minimum atomic E-state index is -3.80. The smallest absolute Gasteiger partial charge is 0.238 e. The van der Waals surface area contributed by atoms with Crippen LogP contribution in [0.3, 0.4) is 0 Å². The number of primary sulfonamides is 1. The van der Waals surface area contributed by atoms with Gasteiger partial charge < -0.3 is 4.57 Å². The lowest BCUT2D eigenvalue weighted by molar-refractivity contribution is 0.598. The molecular weight excluding hydrogens is 406 g/mol.